The normalized spacial score (nSPS) is 23.2. The van der Waals surface area contributed by atoms with Crippen LogP contribution in [-0.2, 0) is 16.0 Å². The maximum absolute atomic E-state index is 5.93. The van der Waals surface area contributed by atoms with Gasteiger partial charge in [0.15, 0.2) is 0 Å². The van der Waals surface area contributed by atoms with Gasteiger partial charge in [0.2, 0.25) is 0 Å². The minimum atomic E-state index is -0.0901. The van der Waals surface area contributed by atoms with Crippen molar-refractivity contribution in [2.24, 2.45) is 0 Å². The number of imidazole rings is 1. The molecule has 1 aliphatic heterocycles. The first-order chi connectivity index (χ1) is 8.57. The van der Waals surface area contributed by atoms with E-state index in [1.54, 1.807) is 0 Å². The standard InChI is InChI=1S/C13H23N3O2/c1-11-15-4-5-16(11)6-7-17-9-12-8-14-10-13(2,3)18-12/h4-5,12,14H,6-10H2,1-3H3. The van der Waals surface area contributed by atoms with Crippen molar-refractivity contribution in [3.63, 3.8) is 0 Å². The first-order valence-corrected chi connectivity index (χ1v) is 6.51. The van der Waals surface area contributed by atoms with Crippen LogP contribution in [0.4, 0.5) is 0 Å². The van der Waals surface area contributed by atoms with E-state index in [-0.39, 0.29) is 11.7 Å². The molecule has 1 atom stereocenters. The minimum absolute atomic E-state index is 0.0901. The van der Waals surface area contributed by atoms with Crippen LogP contribution in [0.5, 0.6) is 0 Å². The summed E-state index contributed by atoms with van der Waals surface area (Å²) in [6.45, 7) is 10.1. The van der Waals surface area contributed by atoms with Gasteiger partial charge in [0.25, 0.3) is 0 Å². The largest absolute Gasteiger partial charge is 0.377 e. The Morgan fingerprint density at radius 1 is 1.61 bits per heavy atom. The average Bonchev–Trinajstić information content (AvgIpc) is 2.69. The summed E-state index contributed by atoms with van der Waals surface area (Å²) in [6.07, 6.45) is 3.93. The lowest BCUT2D eigenvalue weighted by Gasteiger charge is -2.36. The van der Waals surface area contributed by atoms with Crippen molar-refractivity contribution in [3.8, 4) is 0 Å². The molecule has 1 aromatic rings. The van der Waals surface area contributed by atoms with E-state index in [1.165, 1.54) is 0 Å². The van der Waals surface area contributed by atoms with E-state index in [0.29, 0.717) is 13.2 Å². The number of hydrogen-bond donors (Lipinski definition) is 1. The molecule has 1 aliphatic rings. The number of aromatic nitrogens is 2. The molecule has 18 heavy (non-hydrogen) atoms. The van der Waals surface area contributed by atoms with E-state index >= 15 is 0 Å². The lowest BCUT2D eigenvalue weighted by Crippen LogP contribution is -2.51. The van der Waals surface area contributed by atoms with Crippen LogP contribution in [0.1, 0.15) is 19.7 Å². The molecule has 1 unspecified atom stereocenters. The molecule has 0 amide bonds. The van der Waals surface area contributed by atoms with Crippen molar-refractivity contribution < 1.29 is 9.47 Å². The molecule has 2 heterocycles. The van der Waals surface area contributed by atoms with Crippen LogP contribution in [0.15, 0.2) is 12.4 Å². The Hall–Kier alpha value is -0.910. The van der Waals surface area contributed by atoms with Gasteiger partial charge in [-0.05, 0) is 20.8 Å². The van der Waals surface area contributed by atoms with Crippen molar-refractivity contribution in [2.45, 2.75) is 39.0 Å². The Morgan fingerprint density at radius 3 is 3.11 bits per heavy atom. The third-order valence-electron chi connectivity index (χ3n) is 3.11. The third-order valence-corrected chi connectivity index (χ3v) is 3.11. The quantitative estimate of drug-likeness (QED) is 0.795. The zero-order chi connectivity index (χ0) is 13.0. The molecule has 0 bridgehead atoms. The van der Waals surface area contributed by atoms with E-state index in [2.05, 4.69) is 28.7 Å². The maximum Gasteiger partial charge on any atom is 0.105 e. The topological polar surface area (TPSA) is 48.3 Å². The van der Waals surface area contributed by atoms with Crippen molar-refractivity contribution in [2.75, 3.05) is 26.3 Å². The van der Waals surface area contributed by atoms with E-state index in [1.807, 2.05) is 19.3 Å². The van der Waals surface area contributed by atoms with Gasteiger partial charge in [-0.3, -0.25) is 0 Å². The number of morpholine rings is 1. The molecule has 0 radical (unpaired) electrons. The fourth-order valence-electron chi connectivity index (χ4n) is 2.18. The molecule has 1 aromatic heterocycles. The Balaban J connectivity index is 1.65. The molecule has 5 nitrogen and oxygen atoms in total. The zero-order valence-corrected chi connectivity index (χ0v) is 11.5. The summed E-state index contributed by atoms with van der Waals surface area (Å²) in [4.78, 5) is 4.18. The summed E-state index contributed by atoms with van der Waals surface area (Å²) >= 11 is 0. The first kappa shape index (κ1) is 13.5. The average molecular weight is 253 g/mol. The molecule has 5 heteroatoms. The van der Waals surface area contributed by atoms with Crippen molar-refractivity contribution in [1.82, 2.24) is 14.9 Å². The summed E-state index contributed by atoms with van der Waals surface area (Å²) in [6, 6.07) is 0. The molecule has 102 valence electrons. The number of ether oxygens (including phenoxy) is 2. The van der Waals surface area contributed by atoms with Gasteiger partial charge in [-0.15, -0.1) is 0 Å². The zero-order valence-electron chi connectivity index (χ0n) is 11.5. The fourth-order valence-corrected chi connectivity index (χ4v) is 2.18. The van der Waals surface area contributed by atoms with Gasteiger partial charge in [-0.25, -0.2) is 4.98 Å². The van der Waals surface area contributed by atoms with Crippen LogP contribution in [0.25, 0.3) is 0 Å². The molecule has 0 saturated carbocycles. The number of hydrogen-bond acceptors (Lipinski definition) is 4. The van der Waals surface area contributed by atoms with E-state index in [4.69, 9.17) is 9.47 Å². The second-order valence-electron chi connectivity index (χ2n) is 5.37. The van der Waals surface area contributed by atoms with E-state index in [9.17, 15) is 0 Å². The SMILES string of the molecule is Cc1nccn1CCOCC1CNCC(C)(C)O1. The predicted octanol–water partition coefficient (Wildman–Crippen LogP) is 0.975. The van der Waals surface area contributed by atoms with Gasteiger partial charge in [0.1, 0.15) is 5.82 Å². The molecule has 1 fully saturated rings. The van der Waals surface area contributed by atoms with E-state index < -0.39 is 0 Å². The van der Waals surface area contributed by atoms with Crippen LogP contribution >= 0.6 is 0 Å². The molecular weight excluding hydrogens is 230 g/mol. The first-order valence-electron chi connectivity index (χ1n) is 6.51. The highest BCUT2D eigenvalue weighted by Gasteiger charge is 2.28. The van der Waals surface area contributed by atoms with Crippen molar-refractivity contribution in [3.05, 3.63) is 18.2 Å². The molecular formula is C13H23N3O2. The molecule has 0 aromatic carbocycles. The fraction of sp³-hybridized carbons (Fsp3) is 0.769. The van der Waals surface area contributed by atoms with Gasteiger partial charge in [-0.2, -0.15) is 0 Å². The maximum atomic E-state index is 5.93. The second kappa shape index (κ2) is 5.82. The number of aryl methyl sites for hydroxylation is 1. The Labute approximate surface area is 108 Å². The summed E-state index contributed by atoms with van der Waals surface area (Å²) < 4.78 is 13.7. The van der Waals surface area contributed by atoms with Crippen LogP contribution < -0.4 is 5.32 Å². The number of nitrogens with one attached hydrogen (secondary N) is 1. The highest BCUT2D eigenvalue weighted by molar-refractivity contribution is 4.88. The van der Waals surface area contributed by atoms with Crippen LogP contribution in [-0.4, -0.2) is 47.6 Å². The van der Waals surface area contributed by atoms with E-state index in [0.717, 1.165) is 25.5 Å². The second-order valence-corrected chi connectivity index (χ2v) is 5.37. The number of rotatable bonds is 5. The molecule has 0 aliphatic carbocycles. The Kier molecular flexibility index (Phi) is 4.37. The van der Waals surface area contributed by atoms with Gasteiger partial charge >= 0.3 is 0 Å². The summed E-state index contributed by atoms with van der Waals surface area (Å²) in [5, 5.41) is 3.37. The summed E-state index contributed by atoms with van der Waals surface area (Å²) in [5.74, 6) is 1.02. The molecule has 0 spiro atoms. The lowest BCUT2D eigenvalue weighted by molar-refractivity contribution is -0.120. The van der Waals surface area contributed by atoms with Gasteiger partial charge in [0, 0.05) is 32.0 Å². The highest BCUT2D eigenvalue weighted by atomic mass is 16.5. The van der Waals surface area contributed by atoms with Crippen LogP contribution in [0, 0.1) is 6.92 Å². The summed E-state index contributed by atoms with van der Waals surface area (Å²) in [5.41, 5.74) is -0.0901. The minimum Gasteiger partial charge on any atom is -0.377 e. The Morgan fingerprint density at radius 2 is 2.44 bits per heavy atom. The third kappa shape index (κ3) is 3.80. The van der Waals surface area contributed by atoms with Gasteiger partial charge in [-0.1, -0.05) is 0 Å². The lowest BCUT2D eigenvalue weighted by atomic mass is 10.1. The van der Waals surface area contributed by atoms with Crippen molar-refractivity contribution in [1.29, 1.82) is 0 Å². The van der Waals surface area contributed by atoms with Gasteiger partial charge < -0.3 is 19.4 Å². The van der Waals surface area contributed by atoms with Crippen molar-refractivity contribution >= 4 is 0 Å². The number of nitrogens with zero attached hydrogens (tertiary/aromatic N) is 2. The van der Waals surface area contributed by atoms with Crippen LogP contribution in [0.2, 0.25) is 0 Å². The van der Waals surface area contributed by atoms with Crippen LogP contribution in [0.3, 0.4) is 0 Å². The molecule has 2 rings (SSSR count). The highest BCUT2D eigenvalue weighted by Crippen LogP contribution is 2.15. The smallest absolute Gasteiger partial charge is 0.105 e. The Bertz CT molecular complexity index is 376. The van der Waals surface area contributed by atoms with Gasteiger partial charge in [0.05, 0.1) is 24.9 Å². The predicted molar refractivity (Wildman–Crippen MR) is 69.6 cm³/mol. The molecule has 1 N–H and O–H groups in total. The summed E-state index contributed by atoms with van der Waals surface area (Å²) in [7, 11) is 0. The molecule has 1 saturated heterocycles. The monoisotopic (exact) mass is 253 g/mol.